The van der Waals surface area contributed by atoms with E-state index in [-0.39, 0.29) is 69.7 Å². The van der Waals surface area contributed by atoms with Crippen LogP contribution in [0.2, 0.25) is 0 Å². The van der Waals surface area contributed by atoms with Crippen molar-refractivity contribution in [1.82, 2.24) is 63.4 Å². The van der Waals surface area contributed by atoms with Gasteiger partial charge in [-0.3, -0.25) is 57.5 Å². The number of phenols is 1. The van der Waals surface area contributed by atoms with Crippen LogP contribution in [0.1, 0.15) is 184 Å². The smallest absolute Gasteiger partial charge is 0.326 e. The Balaban J connectivity index is 1.88. The molecule has 3 rings (SSSR count). The van der Waals surface area contributed by atoms with Gasteiger partial charge in [0.05, 0.1) is 6.04 Å². The van der Waals surface area contributed by atoms with Crippen molar-refractivity contribution < 1.29 is 72.5 Å². The second-order valence-corrected chi connectivity index (χ2v) is 30.0. The molecule has 1 aliphatic heterocycles. The van der Waals surface area contributed by atoms with Crippen LogP contribution >= 0.6 is 0 Å². The van der Waals surface area contributed by atoms with Crippen molar-refractivity contribution in [3.63, 3.8) is 0 Å². The van der Waals surface area contributed by atoms with Crippen LogP contribution < -0.4 is 87.2 Å². The highest BCUT2D eigenvalue weighted by molar-refractivity contribution is 6.00. The van der Waals surface area contributed by atoms with Crippen molar-refractivity contribution in [2.24, 2.45) is 58.3 Å². The molecule has 0 aliphatic carbocycles. The Kier molecular flexibility index (Phi) is 42.0. The zero-order valence-electron chi connectivity index (χ0n) is 65.2. The van der Waals surface area contributed by atoms with Crippen molar-refractivity contribution >= 4 is 76.9 Å². The summed E-state index contributed by atoms with van der Waals surface area (Å²) in [5.74, 6) is -12.4. The van der Waals surface area contributed by atoms with Gasteiger partial charge in [-0.1, -0.05) is 118 Å². The summed E-state index contributed by atoms with van der Waals surface area (Å²) in [6.45, 7) is 19.7. The normalized spacial score (nSPS) is 16.2. The lowest BCUT2D eigenvalue weighted by atomic mass is 9.98. The number of nitrogens with zero attached hydrogens (tertiary/aromatic N) is 1. The summed E-state index contributed by atoms with van der Waals surface area (Å²) in [5, 5.41) is 50.1. The van der Waals surface area contributed by atoms with E-state index in [4.69, 9.17) is 28.7 Å². The second-order valence-electron chi connectivity index (χ2n) is 30.0. The molecule has 13 atom stereocenters. The monoisotopic (exact) mass is 1520 g/mol. The van der Waals surface area contributed by atoms with Gasteiger partial charge in [0.2, 0.25) is 70.9 Å². The highest BCUT2D eigenvalue weighted by atomic mass is 16.4. The van der Waals surface area contributed by atoms with E-state index in [0.717, 1.165) is 0 Å². The lowest BCUT2D eigenvalue weighted by Gasteiger charge is -2.31. The number of nitrogens with two attached hydrogens (primary N) is 5. The van der Waals surface area contributed by atoms with Gasteiger partial charge in [-0.2, -0.15) is 0 Å². The summed E-state index contributed by atoms with van der Waals surface area (Å²) < 4.78 is 0. The number of hydrogen-bond donors (Lipinski definition) is 18. The summed E-state index contributed by atoms with van der Waals surface area (Å²) in [6, 6.07) is -1.43. The Bertz CT molecular complexity index is 3220. The Morgan fingerprint density at radius 1 is 0.407 bits per heavy atom. The van der Waals surface area contributed by atoms with Crippen LogP contribution in [-0.4, -0.2) is 203 Å². The van der Waals surface area contributed by atoms with Gasteiger partial charge in [-0.15, -0.1) is 0 Å². The molecule has 1 aliphatic rings. The van der Waals surface area contributed by atoms with E-state index in [2.05, 4.69) is 58.5 Å². The highest BCUT2D eigenvalue weighted by Crippen LogP contribution is 2.22. The minimum absolute atomic E-state index is 0.0745. The number of aliphatic carboxylic acids is 1. The predicted molar refractivity (Wildman–Crippen MR) is 410 cm³/mol. The number of aromatic hydroxyl groups is 1. The van der Waals surface area contributed by atoms with E-state index in [0.29, 0.717) is 95.0 Å². The fraction of sp³-hybridized carbons (Fsp3) is 0.671. The van der Waals surface area contributed by atoms with E-state index in [1.54, 1.807) is 85.7 Å². The number of hydrogen-bond acceptors (Lipinski definition) is 19. The zero-order valence-corrected chi connectivity index (χ0v) is 65.2. The lowest BCUT2D eigenvalue weighted by Crippen LogP contribution is -2.62. The van der Waals surface area contributed by atoms with Gasteiger partial charge in [-0.25, -0.2) is 4.79 Å². The molecule has 0 spiro atoms. The number of carboxylic acids is 1. The topological polar surface area (TPSA) is 528 Å². The molecule has 2 aromatic carbocycles. The molecule has 0 bridgehead atoms. The molecule has 0 aromatic heterocycles. The van der Waals surface area contributed by atoms with Gasteiger partial charge < -0.3 is 102 Å². The van der Waals surface area contributed by atoms with Crippen molar-refractivity contribution in [2.75, 3.05) is 32.7 Å². The number of rotatable bonds is 50. The van der Waals surface area contributed by atoms with E-state index in [9.17, 15) is 72.5 Å². The third-order valence-electron chi connectivity index (χ3n) is 18.8. The van der Waals surface area contributed by atoms with Gasteiger partial charge >= 0.3 is 5.97 Å². The molecule has 12 amide bonds. The number of carbonyl (C=O) groups is 13. The molecule has 0 radical (unpaired) electrons. The zero-order chi connectivity index (χ0) is 80.9. The SMILES string of the molecule is CC(C)C[C@H](NC(=O)[C@@H](NC(=O)[C@H](Cc1ccc(O)cc1)NC(=O)[C@H](Cc1ccccc1)NC(=O)[C@@H]1CCCN1C(=O)[C@H](C)NC(=O)[C@@H](NC(=O)[C@@H](NC(=O)[C@H](CCCCN)NC(=O)[C@H](CCCCN)NC(=O)[C@H](CCCCN)NC(=O)[C@@H](N)CCCCN)C(C)C)C(C)C)C(C)C)C(=O)N[C@H](C(=O)O)C(C)C. The molecule has 1 fully saturated rings. The van der Waals surface area contributed by atoms with Gasteiger partial charge in [0.15, 0.2) is 0 Å². The Morgan fingerprint density at radius 2 is 0.759 bits per heavy atom. The Hall–Kier alpha value is -8.85. The van der Waals surface area contributed by atoms with Crippen LogP contribution in [0, 0.1) is 29.6 Å². The quantitative estimate of drug-likeness (QED) is 0.0391. The van der Waals surface area contributed by atoms with Gasteiger partial charge in [0, 0.05) is 19.4 Å². The fourth-order valence-corrected chi connectivity index (χ4v) is 12.4. The predicted octanol–water partition coefficient (Wildman–Crippen LogP) is 0.119. The number of carbonyl (C=O) groups excluding carboxylic acids is 12. The van der Waals surface area contributed by atoms with Crippen LogP contribution in [0.3, 0.4) is 0 Å². The number of phenolic OH excluding ortho intramolecular Hbond substituents is 1. The molecule has 1 saturated heterocycles. The van der Waals surface area contributed by atoms with Crippen LogP contribution in [0.5, 0.6) is 5.75 Å². The van der Waals surface area contributed by atoms with Crippen LogP contribution in [0.25, 0.3) is 0 Å². The molecule has 2 aromatic rings. The first-order chi connectivity index (χ1) is 51.1. The molecule has 606 valence electrons. The third kappa shape index (κ3) is 32.1. The van der Waals surface area contributed by atoms with Crippen molar-refractivity contribution in [2.45, 2.75) is 264 Å². The highest BCUT2D eigenvalue weighted by Gasteiger charge is 2.42. The first-order valence-corrected chi connectivity index (χ1v) is 38.3. The van der Waals surface area contributed by atoms with Gasteiger partial charge in [0.25, 0.3) is 0 Å². The molecule has 32 heteroatoms. The summed E-state index contributed by atoms with van der Waals surface area (Å²) in [7, 11) is 0. The summed E-state index contributed by atoms with van der Waals surface area (Å²) >= 11 is 0. The molecule has 23 N–H and O–H groups in total. The average Bonchev–Trinajstić information content (AvgIpc) is 1.55. The lowest BCUT2D eigenvalue weighted by molar-refractivity contribution is -0.143. The van der Waals surface area contributed by atoms with Gasteiger partial charge in [-0.05, 0) is 176 Å². The van der Waals surface area contributed by atoms with Crippen molar-refractivity contribution in [3.05, 3.63) is 65.7 Å². The Morgan fingerprint density at radius 3 is 1.20 bits per heavy atom. The van der Waals surface area contributed by atoms with Crippen LogP contribution in [-0.2, 0) is 75.2 Å². The fourth-order valence-electron chi connectivity index (χ4n) is 12.4. The summed E-state index contributed by atoms with van der Waals surface area (Å²) in [4.78, 5) is 185. The van der Waals surface area contributed by atoms with Crippen molar-refractivity contribution in [1.29, 1.82) is 0 Å². The number of unbranched alkanes of at least 4 members (excludes halogenated alkanes) is 4. The summed E-state index contributed by atoms with van der Waals surface area (Å²) in [6.07, 6.45) is 5.15. The minimum atomic E-state index is -1.43. The number of nitrogens with one attached hydrogen (secondary N) is 11. The molecule has 0 unspecified atom stereocenters. The van der Waals surface area contributed by atoms with E-state index in [1.165, 1.54) is 36.1 Å². The maximum atomic E-state index is 14.9. The number of carboxylic acid groups (broad SMARTS) is 1. The molecular formula is C76H127N17O15. The minimum Gasteiger partial charge on any atom is -0.508 e. The maximum absolute atomic E-state index is 14.9. The first-order valence-electron chi connectivity index (χ1n) is 38.3. The first kappa shape index (κ1) is 93.4. The van der Waals surface area contributed by atoms with E-state index >= 15 is 0 Å². The van der Waals surface area contributed by atoms with Crippen LogP contribution in [0.4, 0.5) is 0 Å². The van der Waals surface area contributed by atoms with Crippen molar-refractivity contribution in [3.8, 4) is 5.75 Å². The Labute approximate surface area is 636 Å². The largest absolute Gasteiger partial charge is 0.508 e. The number of benzene rings is 2. The third-order valence-corrected chi connectivity index (χ3v) is 18.8. The van der Waals surface area contributed by atoms with E-state index in [1.807, 2.05) is 13.8 Å². The van der Waals surface area contributed by atoms with Gasteiger partial charge in [0.1, 0.15) is 78.3 Å². The number of likely N-dealkylation sites (tertiary alicyclic amines) is 1. The molecule has 0 saturated carbocycles. The summed E-state index contributed by atoms with van der Waals surface area (Å²) in [5.41, 5.74) is 30.3. The molecule has 32 nitrogen and oxygen atoms in total. The van der Waals surface area contributed by atoms with E-state index < -0.39 is 179 Å². The molecule has 1 heterocycles. The molecule has 108 heavy (non-hydrogen) atoms. The molecular weight excluding hydrogens is 1390 g/mol. The second kappa shape index (κ2) is 48.5. The van der Waals surface area contributed by atoms with Crippen LogP contribution in [0.15, 0.2) is 54.6 Å². The average molecular weight is 1520 g/mol. The number of amides is 12. The standard InChI is InChI=1S/C76H127N17O15/c1-43(2)40-56(69(100)92-63(47(9)10)76(107)108)88-73(104)61(45(5)6)90-70(101)58(42-50-31-33-51(94)34-32-50)86-68(99)57(41-49-24-13-12-14-25-49)87-71(102)59-30-23-39-93(59)75(106)48(11)82-72(103)60(44(3)4)91-74(105)62(46(7)8)89-67(98)55(29-18-22-38-80)85-66(97)54(28-17-21-37-79)84-65(96)53(27-16-20-36-78)83-64(95)52(81)26-15-19-35-77/h12-14,24-25,31-34,43-48,52-63,94H,15-23,26-30,35-42,77-81H2,1-11H3,(H,82,103)(H,83,95)(H,84,96)(H,85,97)(H,86,99)(H,87,102)(H,88,104)(H,89,98)(H,90,101)(H,91,105)(H,92,100)(H,107,108)/t48-,52-,53-,54-,55-,56-,57-,58-,59-,60-,61-,62-,63-/m0/s1. The maximum Gasteiger partial charge on any atom is 0.326 e.